The molecule has 11 heavy (non-hydrogen) atoms. The molecule has 2 N–H and O–H groups in total. The zero-order valence-electron chi connectivity index (χ0n) is 7.65. The summed E-state index contributed by atoms with van der Waals surface area (Å²) in [4.78, 5) is 2.17. The van der Waals surface area contributed by atoms with Gasteiger partial charge in [-0.25, -0.2) is 4.39 Å². The lowest BCUT2D eigenvalue weighted by molar-refractivity contribution is -0.663. The molecule has 1 fully saturated rings. The molecule has 2 nitrogen and oxygen atoms in total. The number of hydrogen-bond acceptors (Lipinski definition) is 1. The Morgan fingerprint density at radius 3 is 2.27 bits per heavy atom. The predicted octanol–water partition coefficient (Wildman–Crippen LogP) is -0.139. The van der Waals surface area contributed by atoms with Crippen LogP contribution in [0.15, 0.2) is 0 Å². The van der Waals surface area contributed by atoms with E-state index < -0.39 is 0 Å². The van der Waals surface area contributed by atoms with Gasteiger partial charge in [-0.2, -0.15) is 0 Å². The smallest absolute Gasteiger partial charge is 0.102 e. The number of halogens is 1. The quantitative estimate of drug-likeness (QED) is 0.600. The summed E-state index contributed by atoms with van der Waals surface area (Å²) in [7, 11) is 0. The van der Waals surface area contributed by atoms with Gasteiger partial charge in [-0.1, -0.05) is 13.8 Å². The molecule has 0 atom stereocenters. The molecule has 0 radical (unpaired) electrons. The third-order valence-corrected chi connectivity index (χ3v) is 1.70. The van der Waals surface area contributed by atoms with Gasteiger partial charge >= 0.3 is 0 Å². The maximum Gasteiger partial charge on any atom is 0.102 e. The summed E-state index contributed by atoms with van der Waals surface area (Å²) in [5.41, 5.74) is 0. The average molecular weight is 163 g/mol. The van der Waals surface area contributed by atoms with Crippen molar-refractivity contribution in [1.29, 1.82) is 0 Å². The molecular formula is C8H20FN2+. The van der Waals surface area contributed by atoms with Crippen LogP contribution in [0.2, 0.25) is 0 Å². The fourth-order valence-electron chi connectivity index (χ4n) is 1.15. The maximum absolute atomic E-state index is 11.7. The first-order valence-corrected chi connectivity index (χ1v) is 4.53. The van der Waals surface area contributed by atoms with Crippen LogP contribution in [0.25, 0.3) is 0 Å². The second kappa shape index (κ2) is 7.95. The van der Waals surface area contributed by atoms with E-state index in [1.165, 1.54) is 0 Å². The molecule has 0 unspecified atom stereocenters. The van der Waals surface area contributed by atoms with Gasteiger partial charge in [0.05, 0.1) is 13.1 Å². The highest BCUT2D eigenvalue weighted by atomic mass is 19.1. The summed E-state index contributed by atoms with van der Waals surface area (Å²) in [6, 6.07) is 0. The van der Waals surface area contributed by atoms with Gasteiger partial charge in [-0.15, -0.1) is 0 Å². The fourth-order valence-corrected chi connectivity index (χ4v) is 1.15. The van der Waals surface area contributed by atoms with Crippen LogP contribution in [0.1, 0.15) is 13.8 Å². The first kappa shape index (κ1) is 10.8. The summed E-state index contributed by atoms with van der Waals surface area (Å²) in [5, 5.41) is 2.27. The second-order valence-corrected chi connectivity index (χ2v) is 2.40. The maximum atomic E-state index is 11.7. The SMILES string of the molecule is CC.FCCN1CC[NH2+]CC1. The normalized spacial score (nSPS) is 18.8. The third kappa shape index (κ3) is 5.16. The molecule has 68 valence electrons. The van der Waals surface area contributed by atoms with E-state index >= 15 is 0 Å². The number of hydrogen-bond donors (Lipinski definition) is 1. The molecule has 0 spiro atoms. The standard InChI is InChI=1S/C6H13FN2.C2H6/c7-1-4-9-5-2-8-3-6-9;1-2/h8H,1-6H2;1-2H3/p+1. The number of alkyl halides is 1. The van der Waals surface area contributed by atoms with Gasteiger partial charge < -0.3 is 5.32 Å². The summed E-state index contributed by atoms with van der Waals surface area (Å²) in [5.74, 6) is 0. The molecule has 3 heteroatoms. The first-order valence-electron chi connectivity index (χ1n) is 4.53. The fraction of sp³-hybridized carbons (Fsp3) is 1.00. The van der Waals surface area contributed by atoms with Crippen LogP contribution >= 0.6 is 0 Å². The lowest BCUT2D eigenvalue weighted by Crippen LogP contribution is -2.89. The molecule has 0 amide bonds. The Labute approximate surface area is 68.8 Å². The minimum atomic E-state index is -0.194. The van der Waals surface area contributed by atoms with E-state index in [4.69, 9.17) is 0 Å². The summed E-state index contributed by atoms with van der Waals surface area (Å²) in [6.07, 6.45) is 0. The number of quaternary nitrogens is 1. The molecular weight excluding hydrogens is 143 g/mol. The summed E-state index contributed by atoms with van der Waals surface area (Å²) < 4.78 is 11.7. The Bertz CT molecular complexity index is 69.7. The van der Waals surface area contributed by atoms with E-state index in [2.05, 4.69) is 10.2 Å². The van der Waals surface area contributed by atoms with Crippen molar-refractivity contribution in [3.63, 3.8) is 0 Å². The topological polar surface area (TPSA) is 19.9 Å². The molecule has 0 aliphatic carbocycles. The van der Waals surface area contributed by atoms with Crippen molar-refractivity contribution in [1.82, 2.24) is 4.90 Å². The molecule has 0 aromatic carbocycles. The van der Waals surface area contributed by atoms with Gasteiger partial charge in [0.1, 0.15) is 6.67 Å². The number of piperazine rings is 1. The van der Waals surface area contributed by atoms with Crippen LogP contribution < -0.4 is 5.32 Å². The highest BCUT2D eigenvalue weighted by Crippen LogP contribution is 1.86. The van der Waals surface area contributed by atoms with Gasteiger partial charge in [0.15, 0.2) is 0 Å². The van der Waals surface area contributed by atoms with Crippen molar-refractivity contribution in [2.24, 2.45) is 0 Å². The van der Waals surface area contributed by atoms with E-state index in [0.29, 0.717) is 6.54 Å². The van der Waals surface area contributed by atoms with E-state index in [9.17, 15) is 4.39 Å². The molecule has 0 aromatic heterocycles. The van der Waals surface area contributed by atoms with E-state index in [1.807, 2.05) is 13.8 Å². The molecule has 0 bridgehead atoms. The van der Waals surface area contributed by atoms with Crippen LogP contribution in [0.3, 0.4) is 0 Å². The molecule has 1 aliphatic heterocycles. The van der Waals surface area contributed by atoms with Crippen LogP contribution in [-0.4, -0.2) is 44.3 Å². The third-order valence-electron chi connectivity index (χ3n) is 1.70. The first-order chi connectivity index (χ1) is 5.43. The highest BCUT2D eigenvalue weighted by Gasteiger charge is 2.09. The Morgan fingerprint density at radius 2 is 1.82 bits per heavy atom. The zero-order chi connectivity index (χ0) is 8.53. The Kier molecular flexibility index (Phi) is 7.84. The monoisotopic (exact) mass is 163 g/mol. The average Bonchev–Trinajstić information content (AvgIpc) is 2.11. The van der Waals surface area contributed by atoms with Crippen molar-refractivity contribution >= 4 is 0 Å². The molecule has 1 heterocycles. The summed E-state index contributed by atoms with van der Waals surface area (Å²) >= 11 is 0. The predicted molar refractivity (Wildman–Crippen MR) is 45.4 cm³/mol. The molecule has 1 rings (SSSR count). The van der Waals surface area contributed by atoms with Gasteiger partial charge in [0, 0.05) is 19.6 Å². The van der Waals surface area contributed by atoms with Crippen LogP contribution in [0, 0.1) is 0 Å². The van der Waals surface area contributed by atoms with Crippen molar-refractivity contribution in [2.45, 2.75) is 13.8 Å². The lowest BCUT2D eigenvalue weighted by Gasteiger charge is -2.23. The highest BCUT2D eigenvalue weighted by molar-refractivity contribution is 4.57. The number of nitrogens with zero attached hydrogens (tertiary/aromatic N) is 1. The van der Waals surface area contributed by atoms with Crippen LogP contribution in [0.5, 0.6) is 0 Å². The minimum absolute atomic E-state index is 0.194. The van der Waals surface area contributed by atoms with Crippen molar-refractivity contribution < 1.29 is 9.71 Å². The van der Waals surface area contributed by atoms with Gasteiger partial charge in [0.25, 0.3) is 0 Å². The van der Waals surface area contributed by atoms with Crippen molar-refractivity contribution in [2.75, 3.05) is 39.4 Å². The zero-order valence-corrected chi connectivity index (χ0v) is 7.65. The number of nitrogens with two attached hydrogens (primary N) is 1. The van der Waals surface area contributed by atoms with Crippen LogP contribution in [-0.2, 0) is 0 Å². The Morgan fingerprint density at radius 1 is 1.27 bits per heavy atom. The van der Waals surface area contributed by atoms with E-state index in [-0.39, 0.29) is 6.67 Å². The van der Waals surface area contributed by atoms with Crippen molar-refractivity contribution in [3.8, 4) is 0 Å². The second-order valence-electron chi connectivity index (χ2n) is 2.40. The van der Waals surface area contributed by atoms with Crippen molar-refractivity contribution in [3.05, 3.63) is 0 Å². The Hall–Kier alpha value is -0.150. The lowest BCUT2D eigenvalue weighted by atomic mass is 10.4. The van der Waals surface area contributed by atoms with E-state index in [1.54, 1.807) is 0 Å². The van der Waals surface area contributed by atoms with Crippen LogP contribution in [0.4, 0.5) is 4.39 Å². The van der Waals surface area contributed by atoms with Gasteiger partial charge in [0.2, 0.25) is 0 Å². The summed E-state index contributed by atoms with van der Waals surface area (Å²) in [6.45, 7) is 8.84. The molecule has 1 aliphatic rings. The van der Waals surface area contributed by atoms with Gasteiger partial charge in [-0.05, 0) is 0 Å². The Balaban J connectivity index is 0.000000461. The molecule has 0 aromatic rings. The van der Waals surface area contributed by atoms with Gasteiger partial charge in [-0.3, -0.25) is 4.90 Å². The molecule has 0 saturated carbocycles. The minimum Gasteiger partial charge on any atom is -0.344 e. The molecule has 1 saturated heterocycles. The largest absolute Gasteiger partial charge is 0.344 e. The van der Waals surface area contributed by atoms with E-state index in [0.717, 1.165) is 26.2 Å². The number of rotatable bonds is 2.